The molecule has 0 aliphatic carbocycles. The van der Waals surface area contributed by atoms with Gasteiger partial charge in [-0.3, -0.25) is 4.79 Å². The van der Waals surface area contributed by atoms with Gasteiger partial charge in [-0.05, 0) is 31.5 Å². The molecule has 114 valence electrons. The summed E-state index contributed by atoms with van der Waals surface area (Å²) in [4.78, 5) is 12.0. The van der Waals surface area contributed by atoms with Crippen molar-refractivity contribution in [3.63, 3.8) is 0 Å². The highest BCUT2D eigenvalue weighted by Gasteiger charge is 2.12. The molecular formula is C17H18FN3O. The Hall–Kier alpha value is -2.69. The van der Waals surface area contributed by atoms with Crippen LogP contribution < -0.4 is 10.7 Å². The zero-order chi connectivity index (χ0) is 15.9. The van der Waals surface area contributed by atoms with Crippen molar-refractivity contribution in [2.24, 2.45) is 5.10 Å². The molecule has 0 fully saturated rings. The summed E-state index contributed by atoms with van der Waals surface area (Å²) in [6, 6.07) is 13.5. The van der Waals surface area contributed by atoms with E-state index in [0.29, 0.717) is 5.56 Å². The first kappa shape index (κ1) is 15.7. The topological polar surface area (TPSA) is 53.5 Å². The molecule has 22 heavy (non-hydrogen) atoms. The van der Waals surface area contributed by atoms with E-state index in [1.807, 2.05) is 31.2 Å². The van der Waals surface area contributed by atoms with Crippen LogP contribution in [0.2, 0.25) is 0 Å². The van der Waals surface area contributed by atoms with Crippen LogP contribution in [0, 0.1) is 12.7 Å². The minimum Gasteiger partial charge on any atom is -0.374 e. The van der Waals surface area contributed by atoms with Gasteiger partial charge in [-0.1, -0.05) is 36.4 Å². The zero-order valence-electron chi connectivity index (χ0n) is 12.5. The molecule has 2 aromatic rings. The summed E-state index contributed by atoms with van der Waals surface area (Å²) in [5, 5.41) is 6.89. The minimum atomic E-state index is -0.459. The predicted octanol–water partition coefficient (Wildman–Crippen LogP) is 3.08. The molecule has 2 N–H and O–H groups in total. The molecule has 0 aromatic heterocycles. The quantitative estimate of drug-likeness (QED) is 0.658. The Bertz CT molecular complexity index is 685. The van der Waals surface area contributed by atoms with Crippen LogP contribution in [0.5, 0.6) is 0 Å². The number of rotatable bonds is 5. The van der Waals surface area contributed by atoms with Gasteiger partial charge in [0, 0.05) is 11.3 Å². The van der Waals surface area contributed by atoms with Gasteiger partial charge in [-0.2, -0.15) is 5.10 Å². The van der Waals surface area contributed by atoms with Crippen LogP contribution in [0.4, 0.5) is 10.1 Å². The van der Waals surface area contributed by atoms with Gasteiger partial charge in [0.05, 0.1) is 6.21 Å². The first-order chi connectivity index (χ1) is 10.6. The Morgan fingerprint density at radius 1 is 1.18 bits per heavy atom. The lowest BCUT2D eigenvalue weighted by atomic mass is 10.2. The van der Waals surface area contributed by atoms with Gasteiger partial charge in [0.1, 0.15) is 11.9 Å². The van der Waals surface area contributed by atoms with Gasteiger partial charge in [-0.25, -0.2) is 9.82 Å². The SMILES string of the molecule is Cc1ccccc1NC(C)C(=O)NN=Cc1ccccc1F. The molecule has 1 unspecified atom stereocenters. The Balaban J connectivity index is 1.92. The smallest absolute Gasteiger partial charge is 0.262 e. The van der Waals surface area contributed by atoms with Crippen LogP contribution in [-0.4, -0.2) is 18.2 Å². The summed E-state index contributed by atoms with van der Waals surface area (Å²) in [5.74, 6) is -0.678. The van der Waals surface area contributed by atoms with Crippen molar-refractivity contribution in [3.8, 4) is 0 Å². The molecule has 0 aliphatic heterocycles. The lowest BCUT2D eigenvalue weighted by Crippen LogP contribution is -2.35. The average molecular weight is 299 g/mol. The maximum absolute atomic E-state index is 13.4. The summed E-state index contributed by atoms with van der Waals surface area (Å²) >= 11 is 0. The van der Waals surface area contributed by atoms with Crippen molar-refractivity contribution in [1.29, 1.82) is 0 Å². The molecule has 0 spiro atoms. The molecule has 0 radical (unpaired) electrons. The van der Waals surface area contributed by atoms with Crippen LogP contribution in [0.25, 0.3) is 0 Å². The number of para-hydroxylation sites is 1. The fraction of sp³-hybridized carbons (Fsp3) is 0.176. The highest BCUT2D eigenvalue weighted by atomic mass is 19.1. The van der Waals surface area contributed by atoms with Gasteiger partial charge in [0.2, 0.25) is 0 Å². The summed E-state index contributed by atoms with van der Waals surface area (Å²) in [6.45, 7) is 3.70. The average Bonchev–Trinajstić information content (AvgIpc) is 2.51. The molecule has 5 heteroatoms. The summed E-state index contributed by atoms with van der Waals surface area (Å²) < 4.78 is 13.4. The monoisotopic (exact) mass is 299 g/mol. The van der Waals surface area contributed by atoms with E-state index in [-0.39, 0.29) is 11.7 Å². The number of nitrogens with one attached hydrogen (secondary N) is 2. The maximum Gasteiger partial charge on any atom is 0.262 e. The fourth-order valence-electron chi connectivity index (χ4n) is 1.88. The highest BCUT2D eigenvalue weighted by Crippen LogP contribution is 2.14. The number of hydrogen-bond acceptors (Lipinski definition) is 3. The molecule has 1 atom stereocenters. The van der Waals surface area contributed by atoms with Crippen molar-refractivity contribution in [2.75, 3.05) is 5.32 Å². The van der Waals surface area contributed by atoms with Gasteiger partial charge >= 0.3 is 0 Å². The lowest BCUT2D eigenvalue weighted by Gasteiger charge is -2.15. The number of anilines is 1. The summed E-state index contributed by atoms with van der Waals surface area (Å²) in [5.41, 5.74) is 4.67. The number of carbonyl (C=O) groups excluding carboxylic acids is 1. The molecule has 0 heterocycles. The second-order valence-corrected chi connectivity index (χ2v) is 4.94. The van der Waals surface area contributed by atoms with Crippen LogP contribution in [0.3, 0.4) is 0 Å². The Labute approximate surface area is 129 Å². The molecule has 2 aromatic carbocycles. The first-order valence-electron chi connectivity index (χ1n) is 6.97. The third-order valence-electron chi connectivity index (χ3n) is 3.19. The third-order valence-corrected chi connectivity index (χ3v) is 3.19. The normalized spacial score (nSPS) is 12.1. The Kier molecular flexibility index (Phi) is 5.25. The van der Waals surface area contributed by atoms with Gasteiger partial charge in [0.15, 0.2) is 0 Å². The van der Waals surface area contributed by atoms with Gasteiger partial charge in [-0.15, -0.1) is 0 Å². The number of hydrogen-bond donors (Lipinski definition) is 2. The van der Waals surface area contributed by atoms with Crippen LogP contribution >= 0.6 is 0 Å². The molecule has 0 bridgehead atoms. The van der Waals surface area contributed by atoms with E-state index in [2.05, 4.69) is 15.8 Å². The highest BCUT2D eigenvalue weighted by molar-refractivity contribution is 5.86. The van der Waals surface area contributed by atoms with E-state index in [9.17, 15) is 9.18 Å². The standard InChI is InChI=1S/C17H18FN3O/c1-12-7-3-6-10-16(12)20-13(2)17(22)21-19-11-14-8-4-5-9-15(14)18/h3-11,13,20H,1-2H3,(H,21,22). The summed E-state index contributed by atoms with van der Waals surface area (Å²) in [7, 11) is 0. The maximum atomic E-state index is 13.4. The van der Waals surface area contributed by atoms with Gasteiger partial charge < -0.3 is 5.32 Å². The Morgan fingerprint density at radius 2 is 1.86 bits per heavy atom. The molecule has 0 saturated carbocycles. The number of halogens is 1. The molecule has 0 aliphatic rings. The molecule has 0 saturated heterocycles. The second kappa shape index (κ2) is 7.36. The number of aryl methyl sites for hydroxylation is 1. The molecular weight excluding hydrogens is 281 g/mol. The van der Waals surface area contributed by atoms with Crippen molar-refractivity contribution in [3.05, 3.63) is 65.5 Å². The Morgan fingerprint density at radius 3 is 2.59 bits per heavy atom. The van der Waals surface area contributed by atoms with Crippen molar-refractivity contribution < 1.29 is 9.18 Å². The van der Waals surface area contributed by atoms with Gasteiger partial charge in [0.25, 0.3) is 5.91 Å². The number of amides is 1. The third kappa shape index (κ3) is 4.15. The molecule has 1 amide bonds. The molecule has 2 rings (SSSR count). The number of benzene rings is 2. The van der Waals surface area contributed by atoms with E-state index in [1.165, 1.54) is 12.3 Å². The lowest BCUT2D eigenvalue weighted by molar-refractivity contribution is -0.121. The van der Waals surface area contributed by atoms with Crippen LogP contribution in [0.1, 0.15) is 18.1 Å². The van der Waals surface area contributed by atoms with Crippen LogP contribution in [-0.2, 0) is 4.79 Å². The fourth-order valence-corrected chi connectivity index (χ4v) is 1.88. The van der Waals surface area contributed by atoms with E-state index < -0.39 is 6.04 Å². The van der Waals surface area contributed by atoms with Crippen LogP contribution in [0.15, 0.2) is 53.6 Å². The van der Waals surface area contributed by atoms with Crippen molar-refractivity contribution >= 4 is 17.8 Å². The van der Waals surface area contributed by atoms with E-state index in [0.717, 1.165) is 11.3 Å². The number of hydrazone groups is 1. The van der Waals surface area contributed by atoms with Crippen molar-refractivity contribution in [2.45, 2.75) is 19.9 Å². The van der Waals surface area contributed by atoms with E-state index in [1.54, 1.807) is 25.1 Å². The number of carbonyl (C=O) groups is 1. The van der Waals surface area contributed by atoms with Crippen molar-refractivity contribution in [1.82, 2.24) is 5.43 Å². The number of nitrogens with zero attached hydrogens (tertiary/aromatic N) is 1. The predicted molar refractivity (Wildman–Crippen MR) is 86.4 cm³/mol. The zero-order valence-corrected chi connectivity index (χ0v) is 12.5. The largest absolute Gasteiger partial charge is 0.374 e. The minimum absolute atomic E-state index is 0.296. The molecule has 4 nitrogen and oxygen atoms in total. The van der Waals surface area contributed by atoms with E-state index >= 15 is 0 Å². The first-order valence-corrected chi connectivity index (χ1v) is 6.97. The summed E-state index contributed by atoms with van der Waals surface area (Å²) in [6.07, 6.45) is 1.29. The van der Waals surface area contributed by atoms with E-state index in [4.69, 9.17) is 0 Å². The second-order valence-electron chi connectivity index (χ2n) is 4.94.